The lowest BCUT2D eigenvalue weighted by Crippen LogP contribution is -2.49. The van der Waals surface area contributed by atoms with Crippen molar-refractivity contribution in [1.82, 2.24) is 14.6 Å². The third kappa shape index (κ3) is 7.51. The first-order valence-corrected chi connectivity index (χ1v) is 16.3. The number of nitrogens with one attached hydrogen (secondary N) is 1. The van der Waals surface area contributed by atoms with E-state index in [4.69, 9.17) is 4.74 Å². The summed E-state index contributed by atoms with van der Waals surface area (Å²) in [6.07, 6.45) is -3.14. The van der Waals surface area contributed by atoms with Crippen molar-refractivity contribution in [3.63, 3.8) is 0 Å². The lowest BCUT2D eigenvalue weighted by molar-refractivity contribution is -0.136. The second-order valence-electron chi connectivity index (χ2n) is 11.1. The summed E-state index contributed by atoms with van der Waals surface area (Å²) in [5.74, 6) is -7.60. The van der Waals surface area contributed by atoms with Crippen LogP contribution in [0.15, 0.2) is 48.7 Å². The van der Waals surface area contributed by atoms with Crippen molar-refractivity contribution in [2.24, 2.45) is 0 Å². The third-order valence-electron chi connectivity index (χ3n) is 8.10. The van der Waals surface area contributed by atoms with Crippen molar-refractivity contribution in [3.05, 3.63) is 77.0 Å². The molecule has 0 radical (unpaired) electrons. The number of piperazine rings is 1. The maximum Gasteiger partial charge on any atom is 0.421 e. The Morgan fingerprint density at radius 3 is 2.14 bits per heavy atom. The molecule has 2 aliphatic heterocycles. The molecule has 0 aliphatic carbocycles. The molecule has 5 rings (SSSR count). The lowest BCUT2D eigenvalue weighted by Gasteiger charge is -2.36. The third-order valence-corrected chi connectivity index (χ3v) is 9.40. The summed E-state index contributed by atoms with van der Waals surface area (Å²) in [6.45, 7) is -4.39. The molecule has 0 saturated carbocycles. The van der Waals surface area contributed by atoms with Crippen LogP contribution in [0, 0.1) is 11.6 Å². The molecule has 19 heteroatoms. The molecule has 1 aromatic heterocycles. The van der Waals surface area contributed by atoms with Crippen LogP contribution in [0.5, 0.6) is 11.5 Å². The number of carbonyl (C=O) groups is 2. The quantitative estimate of drug-likeness (QED) is 0.330. The van der Waals surface area contributed by atoms with Gasteiger partial charge in [-0.1, -0.05) is 0 Å². The van der Waals surface area contributed by atoms with E-state index >= 15 is 8.78 Å². The number of amides is 2. The van der Waals surface area contributed by atoms with E-state index in [1.165, 1.54) is 4.90 Å². The number of sulfonamides is 1. The molecule has 0 spiro atoms. The highest BCUT2D eigenvalue weighted by atomic mass is 32.2. The van der Waals surface area contributed by atoms with E-state index in [1.54, 1.807) is 0 Å². The van der Waals surface area contributed by atoms with Crippen LogP contribution in [0.4, 0.5) is 42.2 Å². The zero-order valence-corrected chi connectivity index (χ0v) is 26.5. The number of benzene rings is 2. The van der Waals surface area contributed by atoms with Gasteiger partial charge in [0.15, 0.2) is 0 Å². The number of aromatic nitrogens is 1. The van der Waals surface area contributed by atoms with Crippen molar-refractivity contribution in [3.8, 4) is 11.5 Å². The number of nitrogens with zero attached hydrogens (tertiary/aromatic N) is 4. The van der Waals surface area contributed by atoms with Crippen molar-refractivity contribution in [2.45, 2.75) is 24.7 Å². The molecule has 2 aliphatic rings. The molecule has 2 fully saturated rings. The first-order valence-electron chi connectivity index (χ1n) is 14.5. The molecule has 264 valence electrons. The number of alkyl halides is 5. The predicted octanol–water partition coefficient (Wildman–Crippen LogP) is 4.00. The fourth-order valence-corrected chi connectivity index (χ4v) is 6.66. The average Bonchev–Trinajstić information content (AvgIpc) is 3.34. The van der Waals surface area contributed by atoms with Crippen LogP contribution in [-0.2, 0) is 21.0 Å². The number of carbonyl (C=O) groups excluding carboxylic acids is 2. The van der Waals surface area contributed by atoms with Gasteiger partial charge in [-0.05, 0) is 30.3 Å². The molecule has 2 aromatic carbocycles. The van der Waals surface area contributed by atoms with Gasteiger partial charge in [0.25, 0.3) is 11.8 Å². The SMILES string of the molecule is COc1cc(F)c([C@@H]2CN(c3nccc(N4CCN(S(C)(=O)=O)CC4)c3C(F)(F)F)C(=O)[C@H]2NC(=O)c2ccc(OC(F)F)cc2)c(F)c1. The molecule has 3 aromatic rings. The van der Waals surface area contributed by atoms with Gasteiger partial charge >= 0.3 is 12.8 Å². The number of pyridine rings is 1. The minimum absolute atomic E-state index is 0.113. The molecular weight excluding hydrogens is 691 g/mol. The number of rotatable bonds is 9. The fraction of sp³-hybridized carbons (Fsp3) is 0.367. The van der Waals surface area contributed by atoms with Crippen LogP contribution >= 0.6 is 0 Å². The molecule has 11 nitrogen and oxygen atoms in total. The van der Waals surface area contributed by atoms with Gasteiger partial charge in [0.2, 0.25) is 10.0 Å². The molecular formula is C30H28F7N5O6S. The lowest BCUT2D eigenvalue weighted by atomic mass is 9.92. The summed E-state index contributed by atoms with van der Waals surface area (Å²) in [7, 11) is -2.46. The Labute approximate surface area is 275 Å². The van der Waals surface area contributed by atoms with Gasteiger partial charge in [-0.3, -0.25) is 14.5 Å². The largest absolute Gasteiger partial charge is 0.497 e. The van der Waals surface area contributed by atoms with Gasteiger partial charge in [0, 0.05) is 68.1 Å². The first-order chi connectivity index (χ1) is 23.0. The van der Waals surface area contributed by atoms with Crippen LogP contribution in [0.1, 0.15) is 27.4 Å². The molecule has 2 amide bonds. The Morgan fingerprint density at radius 2 is 1.61 bits per heavy atom. The fourth-order valence-electron chi connectivity index (χ4n) is 5.83. The van der Waals surface area contributed by atoms with Gasteiger partial charge in [-0.2, -0.15) is 26.3 Å². The first kappa shape index (κ1) is 35.7. The number of anilines is 2. The molecule has 1 N–H and O–H groups in total. The van der Waals surface area contributed by atoms with Gasteiger partial charge in [0.1, 0.15) is 40.6 Å². The highest BCUT2D eigenvalue weighted by molar-refractivity contribution is 7.88. The standard InChI is InChI=1S/C30H28F7N5O6S/c1-47-18-13-20(31)23(21(32)14-18)19-15-42(28(44)25(19)39-27(43)16-3-5-17(6-4-16)48-29(33)34)26-24(30(35,36)37)22(7-8-38-26)40-9-11-41(12-10-40)49(2,45)46/h3-8,13-14,19,25,29H,9-12,15H2,1-2H3,(H,39,43)/t19-,25-/m0/s1. The number of ether oxygens (including phenoxy) is 2. The van der Waals surface area contributed by atoms with E-state index < -0.39 is 87.4 Å². The second kappa shape index (κ2) is 13.7. The zero-order chi connectivity index (χ0) is 35.8. The number of hydrogen-bond donors (Lipinski definition) is 1. The Balaban J connectivity index is 1.55. The normalized spacial score (nSPS) is 19.0. The van der Waals surface area contributed by atoms with Crippen LogP contribution in [0.2, 0.25) is 0 Å². The van der Waals surface area contributed by atoms with Crippen LogP contribution in [0.3, 0.4) is 0 Å². The maximum atomic E-state index is 15.4. The van der Waals surface area contributed by atoms with E-state index in [-0.39, 0.29) is 43.2 Å². The molecule has 0 bridgehead atoms. The van der Waals surface area contributed by atoms with Crippen molar-refractivity contribution in [2.75, 3.05) is 55.9 Å². The summed E-state index contributed by atoms with van der Waals surface area (Å²) in [4.78, 5) is 32.9. The van der Waals surface area contributed by atoms with Crippen LogP contribution in [-0.4, -0.2) is 88.3 Å². The Hall–Kier alpha value is -4.65. The van der Waals surface area contributed by atoms with Crippen molar-refractivity contribution >= 4 is 33.3 Å². The van der Waals surface area contributed by atoms with E-state index in [2.05, 4.69) is 15.0 Å². The highest BCUT2D eigenvalue weighted by Crippen LogP contribution is 2.45. The maximum absolute atomic E-state index is 15.4. The minimum atomic E-state index is -5.12. The summed E-state index contributed by atoms with van der Waals surface area (Å²) in [5, 5.41) is 2.33. The van der Waals surface area contributed by atoms with E-state index in [0.717, 1.165) is 66.3 Å². The summed E-state index contributed by atoms with van der Waals surface area (Å²) >= 11 is 0. The van der Waals surface area contributed by atoms with E-state index in [1.807, 2.05) is 0 Å². The predicted molar refractivity (Wildman–Crippen MR) is 160 cm³/mol. The number of hydrogen-bond acceptors (Lipinski definition) is 8. The Bertz CT molecular complexity index is 1810. The summed E-state index contributed by atoms with van der Waals surface area (Å²) in [5.41, 5.74) is -2.67. The van der Waals surface area contributed by atoms with Gasteiger partial charge < -0.3 is 19.7 Å². The summed E-state index contributed by atoms with van der Waals surface area (Å²) < 4.78 is 134. The van der Waals surface area contributed by atoms with E-state index in [0.29, 0.717) is 4.90 Å². The smallest absolute Gasteiger partial charge is 0.421 e. The second-order valence-corrected chi connectivity index (χ2v) is 13.1. The average molecular weight is 720 g/mol. The highest BCUT2D eigenvalue weighted by Gasteiger charge is 2.49. The van der Waals surface area contributed by atoms with Crippen LogP contribution < -0.4 is 24.6 Å². The van der Waals surface area contributed by atoms with Gasteiger partial charge in [-0.25, -0.2) is 22.2 Å². The minimum Gasteiger partial charge on any atom is -0.497 e. The number of halogens is 7. The number of methoxy groups -OCH3 is 1. The van der Waals surface area contributed by atoms with Crippen molar-refractivity contribution < 1.29 is 58.2 Å². The molecule has 2 saturated heterocycles. The van der Waals surface area contributed by atoms with Crippen molar-refractivity contribution in [1.29, 1.82) is 0 Å². The molecule has 2 atom stereocenters. The van der Waals surface area contributed by atoms with E-state index in [9.17, 15) is 40.0 Å². The topological polar surface area (TPSA) is 121 Å². The van der Waals surface area contributed by atoms with Gasteiger partial charge in [-0.15, -0.1) is 0 Å². The summed E-state index contributed by atoms with van der Waals surface area (Å²) in [6, 6.07) is 5.06. The molecule has 49 heavy (non-hydrogen) atoms. The zero-order valence-electron chi connectivity index (χ0n) is 25.7. The van der Waals surface area contributed by atoms with Gasteiger partial charge in [0.05, 0.1) is 19.1 Å². The Kier molecular flexibility index (Phi) is 9.96. The monoisotopic (exact) mass is 719 g/mol. The van der Waals surface area contributed by atoms with Crippen LogP contribution in [0.25, 0.3) is 0 Å². The molecule has 0 unspecified atom stereocenters. The molecule has 3 heterocycles. The Morgan fingerprint density at radius 1 is 1.00 bits per heavy atom.